The number of hydrogen-bond donors (Lipinski definition) is 1. The third-order valence-electron chi connectivity index (χ3n) is 3.03. The van der Waals surface area contributed by atoms with Crippen molar-refractivity contribution in [2.24, 2.45) is 0 Å². The van der Waals surface area contributed by atoms with E-state index in [0.29, 0.717) is 16.9 Å². The molecule has 0 unspecified atom stereocenters. The lowest BCUT2D eigenvalue weighted by Crippen LogP contribution is -2.02. The minimum atomic E-state index is -0.632. The normalized spacial score (nSPS) is 12.2. The molecule has 0 aliphatic rings. The molecule has 0 aliphatic heterocycles. The van der Waals surface area contributed by atoms with Gasteiger partial charge in [0.2, 0.25) is 0 Å². The Kier molecular flexibility index (Phi) is 4.63. The van der Waals surface area contributed by atoms with Crippen LogP contribution in [0.5, 0.6) is 5.75 Å². The zero-order chi connectivity index (χ0) is 14.7. The molecular formula is C16H16ClFO2. The Bertz CT molecular complexity index is 611. The number of aryl methyl sites for hydroxylation is 1. The summed E-state index contributed by atoms with van der Waals surface area (Å²) in [5.41, 5.74) is 2.32. The van der Waals surface area contributed by atoms with E-state index in [1.807, 2.05) is 19.1 Å². The van der Waals surface area contributed by atoms with E-state index >= 15 is 0 Å². The Morgan fingerprint density at radius 2 is 2.05 bits per heavy atom. The van der Waals surface area contributed by atoms with Crippen LogP contribution in [0.3, 0.4) is 0 Å². The van der Waals surface area contributed by atoms with E-state index in [1.54, 1.807) is 25.1 Å². The second-order valence-electron chi connectivity index (χ2n) is 4.72. The van der Waals surface area contributed by atoms with Gasteiger partial charge in [0, 0.05) is 11.1 Å². The number of hydrogen-bond acceptors (Lipinski definition) is 2. The molecule has 106 valence electrons. The van der Waals surface area contributed by atoms with Gasteiger partial charge in [-0.05, 0) is 32.0 Å². The molecule has 0 saturated heterocycles. The van der Waals surface area contributed by atoms with Crippen LogP contribution in [0.4, 0.5) is 4.39 Å². The van der Waals surface area contributed by atoms with Gasteiger partial charge in [0.05, 0.1) is 11.1 Å². The first kappa shape index (κ1) is 14.8. The summed E-state index contributed by atoms with van der Waals surface area (Å²) in [6, 6.07) is 10.2. The molecule has 0 aliphatic carbocycles. The summed E-state index contributed by atoms with van der Waals surface area (Å²) in [5, 5.41) is 9.83. The Balaban J connectivity index is 2.21. The van der Waals surface area contributed by atoms with Crippen molar-refractivity contribution in [1.29, 1.82) is 0 Å². The monoisotopic (exact) mass is 294 g/mol. The van der Waals surface area contributed by atoms with Crippen molar-refractivity contribution in [2.45, 2.75) is 26.6 Å². The van der Waals surface area contributed by atoms with Gasteiger partial charge in [-0.15, -0.1) is 0 Å². The molecule has 0 heterocycles. The first-order valence-electron chi connectivity index (χ1n) is 6.33. The van der Waals surface area contributed by atoms with Crippen molar-refractivity contribution in [1.82, 2.24) is 0 Å². The summed E-state index contributed by atoms with van der Waals surface area (Å²) in [4.78, 5) is 0. The molecule has 0 amide bonds. The SMILES string of the molecule is Cc1ccc(OCc2cccc(F)c2Cl)c([C@@H](C)O)c1. The molecule has 4 heteroatoms. The molecule has 0 aromatic heterocycles. The van der Waals surface area contributed by atoms with Crippen molar-refractivity contribution in [3.05, 3.63) is 63.9 Å². The molecule has 2 aromatic carbocycles. The summed E-state index contributed by atoms with van der Waals surface area (Å²) in [7, 11) is 0. The van der Waals surface area contributed by atoms with Gasteiger partial charge in [-0.2, -0.15) is 0 Å². The zero-order valence-corrected chi connectivity index (χ0v) is 12.1. The van der Waals surface area contributed by atoms with Gasteiger partial charge in [-0.25, -0.2) is 4.39 Å². The van der Waals surface area contributed by atoms with Crippen molar-refractivity contribution in [2.75, 3.05) is 0 Å². The van der Waals surface area contributed by atoms with Gasteiger partial charge in [0.25, 0.3) is 0 Å². The number of ether oxygens (including phenoxy) is 1. The highest BCUT2D eigenvalue weighted by Crippen LogP contribution is 2.28. The molecule has 2 rings (SSSR count). The molecule has 1 atom stereocenters. The first-order chi connectivity index (χ1) is 9.49. The average Bonchev–Trinajstić information content (AvgIpc) is 2.41. The van der Waals surface area contributed by atoms with Gasteiger partial charge >= 0.3 is 0 Å². The van der Waals surface area contributed by atoms with Gasteiger partial charge in [-0.1, -0.05) is 35.4 Å². The number of halogens is 2. The van der Waals surface area contributed by atoms with Crippen LogP contribution >= 0.6 is 11.6 Å². The fourth-order valence-electron chi connectivity index (χ4n) is 1.94. The highest BCUT2D eigenvalue weighted by molar-refractivity contribution is 6.31. The topological polar surface area (TPSA) is 29.5 Å². The van der Waals surface area contributed by atoms with Crippen LogP contribution in [0.1, 0.15) is 29.7 Å². The lowest BCUT2D eigenvalue weighted by molar-refractivity contribution is 0.190. The predicted octanol–water partition coefficient (Wildman–Crippen LogP) is 4.42. The average molecular weight is 295 g/mol. The molecule has 0 saturated carbocycles. The van der Waals surface area contributed by atoms with Gasteiger partial charge in [0.1, 0.15) is 18.2 Å². The van der Waals surface area contributed by atoms with E-state index < -0.39 is 11.9 Å². The van der Waals surface area contributed by atoms with Crippen LogP contribution in [-0.4, -0.2) is 5.11 Å². The van der Waals surface area contributed by atoms with Crippen LogP contribution in [0.15, 0.2) is 36.4 Å². The van der Waals surface area contributed by atoms with Crippen LogP contribution < -0.4 is 4.74 Å². The van der Waals surface area contributed by atoms with Gasteiger partial charge in [-0.3, -0.25) is 0 Å². The summed E-state index contributed by atoms with van der Waals surface area (Å²) >= 11 is 5.88. The van der Waals surface area contributed by atoms with Gasteiger partial charge in [0.15, 0.2) is 0 Å². The number of benzene rings is 2. The van der Waals surface area contributed by atoms with Crippen LogP contribution in [-0.2, 0) is 6.61 Å². The van der Waals surface area contributed by atoms with E-state index in [9.17, 15) is 9.50 Å². The van der Waals surface area contributed by atoms with E-state index in [2.05, 4.69) is 0 Å². The van der Waals surface area contributed by atoms with E-state index in [1.165, 1.54) is 6.07 Å². The van der Waals surface area contributed by atoms with Crippen molar-refractivity contribution in [3.63, 3.8) is 0 Å². The fourth-order valence-corrected chi connectivity index (χ4v) is 2.12. The van der Waals surface area contributed by atoms with E-state index in [-0.39, 0.29) is 11.6 Å². The molecule has 0 spiro atoms. The summed E-state index contributed by atoms with van der Waals surface area (Å²) in [5.74, 6) is 0.110. The Morgan fingerprint density at radius 3 is 2.75 bits per heavy atom. The maximum Gasteiger partial charge on any atom is 0.142 e. The summed E-state index contributed by atoms with van der Waals surface area (Å²) < 4.78 is 19.0. The standard InChI is InChI=1S/C16H16ClFO2/c1-10-6-7-15(13(8-10)11(2)19)20-9-12-4-3-5-14(18)16(12)17/h3-8,11,19H,9H2,1-2H3/t11-/m1/s1. The molecule has 0 radical (unpaired) electrons. The third kappa shape index (κ3) is 3.30. The highest BCUT2D eigenvalue weighted by atomic mass is 35.5. The molecule has 20 heavy (non-hydrogen) atoms. The second kappa shape index (κ2) is 6.25. The lowest BCUT2D eigenvalue weighted by Gasteiger charge is -2.15. The first-order valence-corrected chi connectivity index (χ1v) is 6.71. The number of rotatable bonds is 4. The van der Waals surface area contributed by atoms with Crippen molar-refractivity contribution >= 4 is 11.6 Å². The van der Waals surface area contributed by atoms with E-state index in [4.69, 9.17) is 16.3 Å². The number of aliphatic hydroxyl groups is 1. The lowest BCUT2D eigenvalue weighted by atomic mass is 10.1. The highest BCUT2D eigenvalue weighted by Gasteiger charge is 2.11. The Labute approximate surface area is 122 Å². The smallest absolute Gasteiger partial charge is 0.142 e. The zero-order valence-electron chi connectivity index (χ0n) is 11.4. The molecule has 1 N–H and O–H groups in total. The molecule has 0 bridgehead atoms. The minimum absolute atomic E-state index is 0.0678. The Hall–Kier alpha value is -1.58. The van der Waals surface area contributed by atoms with Crippen molar-refractivity contribution in [3.8, 4) is 5.75 Å². The molecule has 0 fully saturated rings. The van der Waals surface area contributed by atoms with Crippen molar-refractivity contribution < 1.29 is 14.2 Å². The maximum absolute atomic E-state index is 13.3. The molecule has 2 aromatic rings. The molecule has 2 nitrogen and oxygen atoms in total. The van der Waals surface area contributed by atoms with Crippen LogP contribution in [0.2, 0.25) is 5.02 Å². The maximum atomic E-state index is 13.3. The minimum Gasteiger partial charge on any atom is -0.488 e. The predicted molar refractivity (Wildman–Crippen MR) is 77.6 cm³/mol. The number of aliphatic hydroxyl groups excluding tert-OH is 1. The van der Waals surface area contributed by atoms with Crippen LogP contribution in [0.25, 0.3) is 0 Å². The fraction of sp³-hybridized carbons (Fsp3) is 0.250. The van der Waals surface area contributed by atoms with Crippen LogP contribution in [0, 0.1) is 12.7 Å². The van der Waals surface area contributed by atoms with E-state index in [0.717, 1.165) is 5.56 Å². The largest absolute Gasteiger partial charge is 0.488 e. The third-order valence-corrected chi connectivity index (χ3v) is 3.45. The Morgan fingerprint density at radius 1 is 1.30 bits per heavy atom. The van der Waals surface area contributed by atoms with Gasteiger partial charge < -0.3 is 9.84 Å². The summed E-state index contributed by atoms with van der Waals surface area (Å²) in [6.45, 7) is 3.77. The quantitative estimate of drug-likeness (QED) is 0.904. The molecular weight excluding hydrogens is 279 g/mol. The second-order valence-corrected chi connectivity index (χ2v) is 5.10. The summed E-state index contributed by atoms with van der Waals surface area (Å²) in [6.07, 6.45) is -0.632.